The lowest BCUT2D eigenvalue weighted by Crippen LogP contribution is -2.35. The lowest BCUT2D eigenvalue weighted by atomic mass is 9.99. The number of hydrogen-bond donors (Lipinski definition) is 1. The fourth-order valence-electron chi connectivity index (χ4n) is 2.24. The van der Waals surface area contributed by atoms with Gasteiger partial charge in [0.15, 0.2) is 0 Å². The smallest absolute Gasteiger partial charge is 0.123 e. The van der Waals surface area contributed by atoms with E-state index in [-0.39, 0.29) is 5.82 Å². The van der Waals surface area contributed by atoms with Gasteiger partial charge in [-0.3, -0.25) is 0 Å². The Morgan fingerprint density at radius 2 is 1.88 bits per heavy atom. The van der Waals surface area contributed by atoms with E-state index in [9.17, 15) is 4.39 Å². The molecule has 1 unspecified atom stereocenters. The van der Waals surface area contributed by atoms with E-state index in [2.05, 4.69) is 19.2 Å². The SMILES string of the molecule is CC(C)C(NCc1ccc(F)cc1)C1CC1. The molecule has 0 aromatic heterocycles. The predicted octanol–water partition coefficient (Wildman–Crippen LogP) is 3.35. The Hall–Kier alpha value is -0.890. The molecular weight excluding hydrogens is 201 g/mol. The van der Waals surface area contributed by atoms with Crippen molar-refractivity contribution in [2.45, 2.75) is 39.3 Å². The minimum absolute atomic E-state index is 0.161. The van der Waals surface area contributed by atoms with E-state index in [4.69, 9.17) is 0 Å². The molecule has 16 heavy (non-hydrogen) atoms. The first-order chi connectivity index (χ1) is 7.66. The van der Waals surface area contributed by atoms with Crippen LogP contribution in [-0.4, -0.2) is 6.04 Å². The highest BCUT2D eigenvalue weighted by Gasteiger charge is 2.32. The van der Waals surface area contributed by atoms with E-state index in [0.717, 1.165) is 18.0 Å². The summed E-state index contributed by atoms with van der Waals surface area (Å²) in [5.41, 5.74) is 1.16. The van der Waals surface area contributed by atoms with E-state index in [1.165, 1.54) is 25.0 Å². The molecule has 1 saturated carbocycles. The van der Waals surface area contributed by atoms with E-state index in [1.54, 1.807) is 0 Å². The van der Waals surface area contributed by atoms with Crippen LogP contribution in [0.4, 0.5) is 4.39 Å². The molecule has 1 aromatic rings. The third-order valence-electron chi connectivity index (χ3n) is 3.30. The maximum Gasteiger partial charge on any atom is 0.123 e. The average molecular weight is 221 g/mol. The Bertz CT molecular complexity index is 325. The molecule has 0 spiro atoms. The molecule has 0 amide bonds. The Morgan fingerprint density at radius 3 is 2.38 bits per heavy atom. The van der Waals surface area contributed by atoms with Gasteiger partial charge in [0, 0.05) is 12.6 Å². The van der Waals surface area contributed by atoms with Gasteiger partial charge in [-0.1, -0.05) is 26.0 Å². The molecule has 88 valence electrons. The number of nitrogens with one attached hydrogen (secondary N) is 1. The van der Waals surface area contributed by atoms with Crippen LogP contribution in [0.2, 0.25) is 0 Å². The highest BCUT2D eigenvalue weighted by molar-refractivity contribution is 5.16. The van der Waals surface area contributed by atoms with Crippen molar-refractivity contribution in [2.75, 3.05) is 0 Å². The van der Waals surface area contributed by atoms with Crippen LogP contribution in [0.1, 0.15) is 32.3 Å². The van der Waals surface area contributed by atoms with Gasteiger partial charge in [-0.25, -0.2) is 4.39 Å². The molecule has 1 N–H and O–H groups in total. The first kappa shape index (κ1) is 11.6. The van der Waals surface area contributed by atoms with E-state index in [0.29, 0.717) is 12.0 Å². The molecule has 0 heterocycles. The third-order valence-corrected chi connectivity index (χ3v) is 3.30. The minimum atomic E-state index is -0.161. The van der Waals surface area contributed by atoms with E-state index < -0.39 is 0 Å². The monoisotopic (exact) mass is 221 g/mol. The average Bonchev–Trinajstić information content (AvgIpc) is 3.05. The number of halogens is 1. The Morgan fingerprint density at radius 1 is 1.25 bits per heavy atom. The summed E-state index contributed by atoms with van der Waals surface area (Å²) in [4.78, 5) is 0. The normalized spacial score (nSPS) is 17.8. The standard InChI is InChI=1S/C14H20FN/c1-10(2)14(12-5-6-12)16-9-11-3-7-13(15)8-4-11/h3-4,7-8,10,12,14,16H,5-6,9H2,1-2H3. The van der Waals surface area contributed by atoms with Crippen molar-refractivity contribution in [3.8, 4) is 0 Å². The second-order valence-electron chi connectivity index (χ2n) is 5.11. The third kappa shape index (κ3) is 3.05. The van der Waals surface area contributed by atoms with Gasteiger partial charge < -0.3 is 5.32 Å². The highest BCUT2D eigenvalue weighted by atomic mass is 19.1. The van der Waals surface area contributed by atoms with Crippen molar-refractivity contribution >= 4 is 0 Å². The summed E-state index contributed by atoms with van der Waals surface area (Å²) in [6.45, 7) is 5.38. The van der Waals surface area contributed by atoms with Crippen LogP contribution < -0.4 is 5.32 Å². The molecule has 1 aliphatic carbocycles. The summed E-state index contributed by atoms with van der Waals surface area (Å²) in [7, 11) is 0. The Kier molecular flexibility index (Phi) is 3.59. The summed E-state index contributed by atoms with van der Waals surface area (Å²) in [5.74, 6) is 1.37. The Labute approximate surface area is 97.1 Å². The van der Waals surface area contributed by atoms with Crippen LogP contribution in [-0.2, 0) is 6.54 Å². The predicted molar refractivity (Wildman–Crippen MR) is 64.6 cm³/mol. The van der Waals surface area contributed by atoms with Gasteiger partial charge in [0.1, 0.15) is 5.82 Å². The summed E-state index contributed by atoms with van der Waals surface area (Å²) in [5, 5.41) is 3.59. The molecule has 1 nitrogen and oxygen atoms in total. The summed E-state index contributed by atoms with van der Waals surface area (Å²) in [6, 6.07) is 7.38. The van der Waals surface area contributed by atoms with Crippen LogP contribution >= 0.6 is 0 Å². The van der Waals surface area contributed by atoms with Crippen LogP contribution in [0.15, 0.2) is 24.3 Å². The van der Waals surface area contributed by atoms with Gasteiger partial charge in [-0.05, 0) is 42.4 Å². The first-order valence-electron chi connectivity index (χ1n) is 6.14. The largest absolute Gasteiger partial charge is 0.309 e. The van der Waals surface area contributed by atoms with Gasteiger partial charge in [0.05, 0.1) is 0 Å². The van der Waals surface area contributed by atoms with E-state index in [1.807, 2.05) is 12.1 Å². The number of rotatable bonds is 5. The van der Waals surface area contributed by atoms with Crippen molar-refractivity contribution in [3.05, 3.63) is 35.6 Å². The zero-order valence-electron chi connectivity index (χ0n) is 10.0. The molecule has 2 rings (SSSR count). The van der Waals surface area contributed by atoms with Gasteiger partial charge in [-0.15, -0.1) is 0 Å². The van der Waals surface area contributed by atoms with Crippen LogP contribution in [0.25, 0.3) is 0 Å². The number of hydrogen-bond acceptors (Lipinski definition) is 1. The maximum atomic E-state index is 12.7. The summed E-state index contributed by atoms with van der Waals surface area (Å²) < 4.78 is 12.7. The zero-order valence-corrected chi connectivity index (χ0v) is 10.0. The molecule has 0 saturated heterocycles. The van der Waals surface area contributed by atoms with Crippen molar-refractivity contribution < 1.29 is 4.39 Å². The zero-order chi connectivity index (χ0) is 11.5. The highest BCUT2D eigenvalue weighted by Crippen LogP contribution is 2.35. The molecule has 1 aliphatic rings. The van der Waals surface area contributed by atoms with Crippen molar-refractivity contribution in [1.29, 1.82) is 0 Å². The second-order valence-corrected chi connectivity index (χ2v) is 5.11. The van der Waals surface area contributed by atoms with Crippen LogP contribution in [0.3, 0.4) is 0 Å². The molecule has 0 bridgehead atoms. The van der Waals surface area contributed by atoms with Crippen LogP contribution in [0, 0.1) is 17.7 Å². The van der Waals surface area contributed by atoms with Crippen molar-refractivity contribution in [1.82, 2.24) is 5.32 Å². The fourth-order valence-corrected chi connectivity index (χ4v) is 2.24. The molecular formula is C14H20FN. The first-order valence-corrected chi connectivity index (χ1v) is 6.14. The van der Waals surface area contributed by atoms with Gasteiger partial charge in [-0.2, -0.15) is 0 Å². The molecule has 2 heteroatoms. The van der Waals surface area contributed by atoms with Gasteiger partial charge in [0.25, 0.3) is 0 Å². The fraction of sp³-hybridized carbons (Fsp3) is 0.571. The van der Waals surface area contributed by atoms with Gasteiger partial charge in [0.2, 0.25) is 0 Å². The molecule has 0 aliphatic heterocycles. The lowest BCUT2D eigenvalue weighted by Gasteiger charge is -2.22. The maximum absolute atomic E-state index is 12.7. The number of benzene rings is 1. The van der Waals surface area contributed by atoms with Gasteiger partial charge >= 0.3 is 0 Å². The molecule has 1 atom stereocenters. The quantitative estimate of drug-likeness (QED) is 0.804. The molecule has 1 aromatic carbocycles. The Balaban J connectivity index is 1.87. The second kappa shape index (κ2) is 4.96. The minimum Gasteiger partial charge on any atom is -0.309 e. The van der Waals surface area contributed by atoms with Crippen LogP contribution in [0.5, 0.6) is 0 Å². The topological polar surface area (TPSA) is 12.0 Å². The molecule has 1 fully saturated rings. The van der Waals surface area contributed by atoms with Crippen molar-refractivity contribution in [2.24, 2.45) is 11.8 Å². The molecule has 0 radical (unpaired) electrons. The summed E-state index contributed by atoms with van der Waals surface area (Å²) in [6.07, 6.45) is 2.72. The lowest BCUT2D eigenvalue weighted by molar-refractivity contribution is 0.359. The van der Waals surface area contributed by atoms with Crippen molar-refractivity contribution in [3.63, 3.8) is 0 Å². The summed E-state index contributed by atoms with van der Waals surface area (Å²) >= 11 is 0. The van der Waals surface area contributed by atoms with E-state index >= 15 is 0 Å².